The zero-order valence-electron chi connectivity index (χ0n) is 12.1. The minimum Gasteiger partial charge on any atom is -0.356 e. The second kappa shape index (κ2) is 14.0. The molecule has 18 heavy (non-hydrogen) atoms. The molecule has 5 heteroatoms. The molecule has 0 saturated heterocycles. The number of rotatable bonds is 8. The zero-order chi connectivity index (χ0) is 14.4. The Morgan fingerprint density at radius 2 is 1.89 bits per heavy atom. The van der Waals surface area contributed by atoms with E-state index in [-0.39, 0.29) is 18.4 Å². The van der Waals surface area contributed by atoms with Crippen molar-refractivity contribution in [2.75, 3.05) is 13.1 Å². The molecule has 0 fully saturated rings. The van der Waals surface area contributed by atoms with Crippen LogP contribution >= 0.6 is 0 Å². The van der Waals surface area contributed by atoms with Crippen LogP contribution in [0.3, 0.4) is 0 Å². The first-order valence-corrected chi connectivity index (χ1v) is 6.75. The van der Waals surface area contributed by atoms with Gasteiger partial charge in [-0.25, -0.2) is 5.06 Å². The lowest BCUT2D eigenvalue weighted by atomic mass is 10.0. The Bertz CT molecular complexity index is 210. The highest BCUT2D eigenvalue weighted by atomic mass is 16.5. The fourth-order valence-electron chi connectivity index (χ4n) is 1.34. The van der Waals surface area contributed by atoms with Gasteiger partial charge in [0.1, 0.15) is 0 Å². The van der Waals surface area contributed by atoms with Crippen LogP contribution in [0.4, 0.5) is 0 Å². The summed E-state index contributed by atoms with van der Waals surface area (Å²) in [5.74, 6) is -0.424. The van der Waals surface area contributed by atoms with Crippen LogP contribution in [0.1, 0.15) is 53.4 Å². The van der Waals surface area contributed by atoms with Gasteiger partial charge in [-0.05, 0) is 13.3 Å². The van der Waals surface area contributed by atoms with E-state index in [1.807, 2.05) is 13.8 Å². The van der Waals surface area contributed by atoms with Crippen molar-refractivity contribution in [1.82, 2.24) is 10.4 Å². The van der Waals surface area contributed by atoms with E-state index in [2.05, 4.69) is 19.2 Å². The van der Waals surface area contributed by atoms with Gasteiger partial charge in [0, 0.05) is 6.54 Å². The summed E-state index contributed by atoms with van der Waals surface area (Å²) in [5, 5.41) is 12.2. The van der Waals surface area contributed by atoms with E-state index < -0.39 is 0 Å². The molecule has 0 aromatic carbocycles. The molecule has 5 nitrogen and oxygen atoms in total. The third kappa shape index (κ3) is 11.4. The monoisotopic (exact) mass is 260 g/mol. The average Bonchev–Trinajstić information content (AvgIpc) is 2.35. The second-order valence-corrected chi connectivity index (χ2v) is 4.17. The summed E-state index contributed by atoms with van der Waals surface area (Å²) in [6.45, 7) is 8.75. The molecule has 2 amide bonds. The van der Waals surface area contributed by atoms with Gasteiger partial charge in [-0.3, -0.25) is 14.8 Å². The highest BCUT2D eigenvalue weighted by molar-refractivity contribution is 5.79. The van der Waals surface area contributed by atoms with E-state index in [4.69, 9.17) is 5.21 Å². The largest absolute Gasteiger partial charge is 0.356 e. The van der Waals surface area contributed by atoms with Gasteiger partial charge in [-0.15, -0.1) is 0 Å². The maximum absolute atomic E-state index is 11.5. The van der Waals surface area contributed by atoms with Crippen LogP contribution in [0.2, 0.25) is 0 Å². The third-order valence-corrected chi connectivity index (χ3v) is 2.16. The third-order valence-electron chi connectivity index (χ3n) is 2.16. The highest BCUT2D eigenvalue weighted by Crippen LogP contribution is 2.09. The van der Waals surface area contributed by atoms with Gasteiger partial charge in [0.15, 0.2) is 0 Å². The van der Waals surface area contributed by atoms with Gasteiger partial charge in [0.25, 0.3) is 0 Å². The number of carbonyl (C=O) groups is 2. The summed E-state index contributed by atoms with van der Waals surface area (Å²) in [5.41, 5.74) is 0. The SMILES string of the molecule is CCC.CCCCC(CN(O)C=O)C(=O)NCC. The smallest absolute Gasteiger partial charge is 0.233 e. The van der Waals surface area contributed by atoms with Crippen molar-refractivity contribution in [3.63, 3.8) is 0 Å². The van der Waals surface area contributed by atoms with E-state index >= 15 is 0 Å². The minimum absolute atomic E-state index is 0.0648. The molecular weight excluding hydrogens is 232 g/mol. The van der Waals surface area contributed by atoms with Crippen LogP contribution in [0.5, 0.6) is 0 Å². The fraction of sp³-hybridized carbons (Fsp3) is 0.846. The molecule has 0 aliphatic heterocycles. The molecule has 0 aromatic rings. The number of nitrogens with one attached hydrogen (secondary N) is 1. The second-order valence-electron chi connectivity index (χ2n) is 4.17. The van der Waals surface area contributed by atoms with Gasteiger partial charge in [0.2, 0.25) is 12.3 Å². The lowest BCUT2D eigenvalue weighted by Crippen LogP contribution is -2.37. The van der Waals surface area contributed by atoms with Crippen molar-refractivity contribution < 1.29 is 14.8 Å². The molecule has 108 valence electrons. The minimum atomic E-state index is -0.319. The molecule has 0 saturated carbocycles. The van der Waals surface area contributed by atoms with E-state index in [1.54, 1.807) is 0 Å². The number of hydroxylamine groups is 2. The fourth-order valence-corrected chi connectivity index (χ4v) is 1.34. The number of amides is 2. The lowest BCUT2D eigenvalue weighted by molar-refractivity contribution is -0.154. The summed E-state index contributed by atoms with van der Waals surface area (Å²) in [6.07, 6.45) is 4.16. The standard InChI is InChI=1S/C10H20N2O3.C3H8/c1-3-5-6-9(7-12(15)8-13)10(14)11-4-2;1-3-2/h8-9,15H,3-7H2,1-2H3,(H,11,14);3H2,1-2H3. The molecule has 2 N–H and O–H groups in total. The first-order valence-electron chi connectivity index (χ1n) is 6.75. The molecule has 0 aliphatic rings. The normalized spacial score (nSPS) is 10.9. The van der Waals surface area contributed by atoms with Crippen LogP contribution in [-0.2, 0) is 9.59 Å². The van der Waals surface area contributed by atoms with Crippen LogP contribution in [0.25, 0.3) is 0 Å². The quantitative estimate of drug-likeness (QED) is 0.399. The van der Waals surface area contributed by atoms with Crippen molar-refractivity contribution in [2.45, 2.75) is 53.4 Å². The number of carbonyl (C=O) groups excluding carboxylic acids is 2. The van der Waals surface area contributed by atoms with Gasteiger partial charge in [0.05, 0.1) is 12.5 Å². The van der Waals surface area contributed by atoms with Crippen LogP contribution in [0, 0.1) is 5.92 Å². The summed E-state index contributed by atoms with van der Waals surface area (Å²) in [4.78, 5) is 21.8. The Labute approximate surface area is 111 Å². The van der Waals surface area contributed by atoms with Crippen molar-refractivity contribution in [2.24, 2.45) is 5.92 Å². The maximum Gasteiger partial charge on any atom is 0.233 e. The average molecular weight is 260 g/mol. The molecule has 0 rings (SSSR count). The van der Waals surface area contributed by atoms with E-state index in [9.17, 15) is 9.59 Å². The predicted molar refractivity (Wildman–Crippen MR) is 72.2 cm³/mol. The molecule has 1 unspecified atom stereocenters. The van der Waals surface area contributed by atoms with Gasteiger partial charge < -0.3 is 5.32 Å². The number of unbranched alkanes of at least 4 members (excludes halogenated alkanes) is 1. The Morgan fingerprint density at radius 1 is 1.33 bits per heavy atom. The number of hydrogen-bond acceptors (Lipinski definition) is 3. The Kier molecular flexibility index (Phi) is 14.9. The van der Waals surface area contributed by atoms with Gasteiger partial charge >= 0.3 is 0 Å². The Balaban J connectivity index is 0. The first-order chi connectivity index (χ1) is 8.56. The lowest BCUT2D eigenvalue weighted by Gasteiger charge is -2.18. The maximum atomic E-state index is 11.5. The molecule has 0 spiro atoms. The summed E-state index contributed by atoms with van der Waals surface area (Å²) >= 11 is 0. The summed E-state index contributed by atoms with van der Waals surface area (Å²) in [6, 6.07) is 0. The van der Waals surface area contributed by atoms with Crippen LogP contribution in [0.15, 0.2) is 0 Å². The molecule has 0 heterocycles. The Morgan fingerprint density at radius 3 is 2.28 bits per heavy atom. The Hall–Kier alpha value is -1.10. The van der Waals surface area contributed by atoms with Crippen molar-refractivity contribution in [3.05, 3.63) is 0 Å². The molecule has 1 atom stereocenters. The summed E-state index contributed by atoms with van der Waals surface area (Å²) in [7, 11) is 0. The van der Waals surface area contributed by atoms with Crippen LogP contribution in [-0.4, -0.2) is 35.7 Å². The van der Waals surface area contributed by atoms with Crippen molar-refractivity contribution in [1.29, 1.82) is 0 Å². The van der Waals surface area contributed by atoms with Crippen molar-refractivity contribution in [3.8, 4) is 0 Å². The van der Waals surface area contributed by atoms with Gasteiger partial charge in [-0.1, -0.05) is 40.0 Å². The molecule has 0 aromatic heterocycles. The number of nitrogens with zero attached hydrogens (tertiary/aromatic N) is 1. The van der Waals surface area contributed by atoms with E-state index in [1.165, 1.54) is 6.42 Å². The van der Waals surface area contributed by atoms with Crippen LogP contribution < -0.4 is 5.32 Å². The van der Waals surface area contributed by atoms with Gasteiger partial charge in [-0.2, -0.15) is 0 Å². The first kappa shape index (κ1) is 19.2. The van der Waals surface area contributed by atoms with E-state index in [0.29, 0.717) is 24.4 Å². The topological polar surface area (TPSA) is 69.6 Å². The molecule has 0 radical (unpaired) electrons. The predicted octanol–water partition coefficient (Wildman–Crippen LogP) is 2.19. The van der Waals surface area contributed by atoms with Crippen molar-refractivity contribution >= 4 is 12.3 Å². The van der Waals surface area contributed by atoms with E-state index in [0.717, 1.165) is 12.8 Å². The highest BCUT2D eigenvalue weighted by Gasteiger charge is 2.19. The zero-order valence-corrected chi connectivity index (χ0v) is 12.1. The summed E-state index contributed by atoms with van der Waals surface area (Å²) < 4.78 is 0. The molecular formula is C13H28N2O3. The molecule has 0 bridgehead atoms. The molecule has 0 aliphatic carbocycles. The number of hydrogen-bond donors (Lipinski definition) is 2.